The Balaban J connectivity index is 1.24. The van der Waals surface area contributed by atoms with Crippen LogP contribution in [0.15, 0.2) is 101 Å². The van der Waals surface area contributed by atoms with Crippen LogP contribution in [0.1, 0.15) is 65.0 Å². The third kappa shape index (κ3) is 5.40. The third-order valence-corrected chi connectivity index (χ3v) is 10.4. The van der Waals surface area contributed by atoms with Gasteiger partial charge in [-0.2, -0.15) is 0 Å². The molecule has 208 valence electrons. The fourth-order valence-electron chi connectivity index (χ4n) is 5.27. The Hall–Kier alpha value is -3.57. The maximum absolute atomic E-state index is 13.3. The van der Waals surface area contributed by atoms with Crippen molar-refractivity contribution in [1.82, 2.24) is 0 Å². The zero-order chi connectivity index (χ0) is 28.5. The van der Waals surface area contributed by atoms with Gasteiger partial charge in [0.1, 0.15) is 22.8 Å². The SMILES string of the molecule is CCC(C)(CC)Oc1ccc(-c2ccc(Oc3ccc(S(=O)(=O)c4ccc5c(c4)CC5(C)CC)cc3)cc2)cc1. The quantitative estimate of drug-likeness (QED) is 0.196. The molecule has 0 saturated carbocycles. The predicted molar refractivity (Wildman–Crippen MR) is 161 cm³/mol. The van der Waals surface area contributed by atoms with Crippen LogP contribution in [-0.4, -0.2) is 14.0 Å². The van der Waals surface area contributed by atoms with Gasteiger partial charge in [0.15, 0.2) is 0 Å². The lowest BCUT2D eigenvalue weighted by Gasteiger charge is -2.41. The summed E-state index contributed by atoms with van der Waals surface area (Å²) in [7, 11) is -3.60. The van der Waals surface area contributed by atoms with Crippen molar-refractivity contribution in [2.45, 2.75) is 81.1 Å². The van der Waals surface area contributed by atoms with Crippen molar-refractivity contribution in [3.8, 4) is 28.4 Å². The molecule has 0 fully saturated rings. The Morgan fingerprint density at radius 2 is 1.23 bits per heavy atom. The lowest BCUT2D eigenvalue weighted by Crippen LogP contribution is -2.35. The van der Waals surface area contributed by atoms with E-state index >= 15 is 0 Å². The zero-order valence-corrected chi connectivity index (χ0v) is 24.8. The van der Waals surface area contributed by atoms with Crippen LogP contribution in [0.5, 0.6) is 17.2 Å². The summed E-state index contributed by atoms with van der Waals surface area (Å²) in [6.07, 6.45) is 3.89. The normalized spacial score (nSPS) is 16.6. The van der Waals surface area contributed by atoms with E-state index < -0.39 is 9.84 Å². The van der Waals surface area contributed by atoms with Gasteiger partial charge in [-0.25, -0.2) is 8.42 Å². The molecule has 0 spiro atoms. The third-order valence-electron chi connectivity index (χ3n) is 8.67. The van der Waals surface area contributed by atoms with E-state index in [-0.39, 0.29) is 15.9 Å². The van der Waals surface area contributed by atoms with Crippen molar-refractivity contribution in [1.29, 1.82) is 0 Å². The minimum absolute atomic E-state index is 0.151. The Bertz CT molecular complexity index is 1580. The number of ether oxygens (including phenoxy) is 2. The lowest BCUT2D eigenvalue weighted by molar-refractivity contribution is 0.0803. The highest BCUT2D eigenvalue weighted by molar-refractivity contribution is 7.91. The Labute approximate surface area is 238 Å². The first-order valence-corrected chi connectivity index (χ1v) is 15.6. The maximum atomic E-state index is 13.3. The maximum Gasteiger partial charge on any atom is 0.206 e. The Morgan fingerprint density at radius 1 is 0.725 bits per heavy atom. The molecule has 0 aliphatic heterocycles. The highest BCUT2D eigenvalue weighted by atomic mass is 32.2. The molecule has 5 rings (SSSR count). The molecule has 0 radical (unpaired) electrons. The largest absolute Gasteiger partial charge is 0.488 e. The van der Waals surface area contributed by atoms with E-state index in [0.29, 0.717) is 16.4 Å². The molecule has 0 bridgehead atoms. The summed E-state index contributed by atoms with van der Waals surface area (Å²) in [4.78, 5) is 0.608. The van der Waals surface area contributed by atoms with Crippen LogP contribution in [0, 0.1) is 0 Å². The van der Waals surface area contributed by atoms with Crippen molar-refractivity contribution < 1.29 is 17.9 Å². The van der Waals surface area contributed by atoms with Crippen LogP contribution in [0.25, 0.3) is 11.1 Å². The van der Waals surface area contributed by atoms with Gasteiger partial charge in [-0.1, -0.05) is 58.0 Å². The molecule has 0 heterocycles. The summed E-state index contributed by atoms with van der Waals surface area (Å²) in [5.74, 6) is 2.14. The molecule has 1 aliphatic carbocycles. The highest BCUT2D eigenvalue weighted by Gasteiger charge is 2.37. The van der Waals surface area contributed by atoms with Gasteiger partial charge in [0.2, 0.25) is 9.84 Å². The number of benzene rings is 4. The van der Waals surface area contributed by atoms with Crippen LogP contribution in [0.2, 0.25) is 0 Å². The van der Waals surface area contributed by atoms with Crippen molar-refractivity contribution in [2.24, 2.45) is 0 Å². The average molecular weight is 555 g/mol. The molecule has 0 amide bonds. The van der Waals surface area contributed by atoms with Crippen molar-refractivity contribution in [2.75, 3.05) is 0 Å². The van der Waals surface area contributed by atoms with Gasteiger partial charge in [0, 0.05) is 0 Å². The van der Waals surface area contributed by atoms with Crippen molar-refractivity contribution >= 4 is 9.84 Å². The van der Waals surface area contributed by atoms with Crippen LogP contribution in [0.4, 0.5) is 0 Å². The first kappa shape index (κ1) is 28.0. The first-order chi connectivity index (χ1) is 19.1. The lowest BCUT2D eigenvalue weighted by atomic mass is 9.64. The van der Waals surface area contributed by atoms with Gasteiger partial charge in [0.25, 0.3) is 0 Å². The smallest absolute Gasteiger partial charge is 0.206 e. The summed E-state index contributed by atoms with van der Waals surface area (Å²) in [5, 5.41) is 0. The summed E-state index contributed by atoms with van der Waals surface area (Å²) in [6, 6.07) is 28.2. The minimum atomic E-state index is -3.60. The molecule has 5 heteroatoms. The molecule has 0 N–H and O–H groups in total. The fraction of sp³-hybridized carbons (Fsp3) is 0.314. The fourth-order valence-corrected chi connectivity index (χ4v) is 6.58. The van der Waals surface area contributed by atoms with E-state index in [1.807, 2.05) is 48.5 Å². The van der Waals surface area contributed by atoms with Crippen molar-refractivity contribution in [3.63, 3.8) is 0 Å². The molecule has 4 aromatic rings. The molecule has 1 atom stereocenters. The van der Waals surface area contributed by atoms with E-state index in [9.17, 15) is 8.42 Å². The van der Waals surface area contributed by atoms with Gasteiger partial charge in [-0.05, 0) is 121 Å². The molecule has 4 nitrogen and oxygen atoms in total. The molecule has 0 saturated heterocycles. The molecular weight excluding hydrogens is 516 g/mol. The zero-order valence-electron chi connectivity index (χ0n) is 24.0. The highest BCUT2D eigenvalue weighted by Crippen LogP contribution is 2.44. The van der Waals surface area contributed by atoms with Gasteiger partial charge < -0.3 is 9.47 Å². The molecule has 40 heavy (non-hydrogen) atoms. The van der Waals surface area contributed by atoms with Gasteiger partial charge >= 0.3 is 0 Å². The van der Waals surface area contributed by atoms with E-state index in [1.165, 1.54) is 5.56 Å². The monoisotopic (exact) mass is 554 g/mol. The Kier molecular flexibility index (Phi) is 7.54. The van der Waals surface area contributed by atoms with Crippen LogP contribution < -0.4 is 9.47 Å². The van der Waals surface area contributed by atoms with E-state index in [2.05, 4.69) is 46.8 Å². The Morgan fingerprint density at radius 3 is 1.73 bits per heavy atom. The number of sulfone groups is 1. The summed E-state index contributed by atoms with van der Waals surface area (Å²) < 4.78 is 38.7. The summed E-state index contributed by atoms with van der Waals surface area (Å²) in [6.45, 7) is 10.8. The van der Waals surface area contributed by atoms with E-state index in [4.69, 9.17) is 9.47 Å². The van der Waals surface area contributed by atoms with E-state index in [0.717, 1.165) is 48.1 Å². The number of hydrogen-bond acceptors (Lipinski definition) is 4. The number of fused-ring (bicyclic) bond motifs is 1. The molecule has 1 aliphatic rings. The average Bonchev–Trinajstić information content (AvgIpc) is 2.97. The molecule has 4 aromatic carbocycles. The van der Waals surface area contributed by atoms with E-state index in [1.54, 1.807) is 30.3 Å². The van der Waals surface area contributed by atoms with Crippen LogP contribution in [0.3, 0.4) is 0 Å². The topological polar surface area (TPSA) is 52.6 Å². The second kappa shape index (κ2) is 10.8. The standard InChI is InChI=1S/C35H38O4S/c1-6-34(4)24-27-23-32(21-22-33(27)34)40(36,37)31-19-17-29(18-20-31)38-28-13-9-25(10-14-28)26-11-15-30(16-12-26)39-35(5,7-2)8-3/h9-23H,6-8,24H2,1-5H3. The number of rotatable bonds is 10. The summed E-state index contributed by atoms with van der Waals surface area (Å²) >= 11 is 0. The second-order valence-electron chi connectivity index (χ2n) is 11.3. The van der Waals surface area contributed by atoms with Gasteiger partial charge in [-0.3, -0.25) is 0 Å². The molecule has 1 unspecified atom stereocenters. The predicted octanol–water partition coefficient (Wildman–Crippen LogP) is 9.16. The molecular formula is C35H38O4S. The minimum Gasteiger partial charge on any atom is -0.488 e. The van der Waals surface area contributed by atoms with Gasteiger partial charge in [-0.15, -0.1) is 0 Å². The molecule has 0 aromatic heterocycles. The number of hydrogen-bond donors (Lipinski definition) is 0. The first-order valence-electron chi connectivity index (χ1n) is 14.1. The second-order valence-corrected chi connectivity index (χ2v) is 13.2. The van der Waals surface area contributed by atoms with Crippen LogP contribution in [-0.2, 0) is 21.7 Å². The summed E-state index contributed by atoms with van der Waals surface area (Å²) in [5.41, 5.74) is 4.59. The van der Waals surface area contributed by atoms with Crippen LogP contribution >= 0.6 is 0 Å². The van der Waals surface area contributed by atoms with Gasteiger partial charge in [0.05, 0.1) is 9.79 Å². The van der Waals surface area contributed by atoms with Crippen molar-refractivity contribution in [3.05, 3.63) is 102 Å².